The van der Waals surface area contributed by atoms with Crippen LogP contribution in [-0.4, -0.2) is 9.55 Å². The Hall–Kier alpha value is -1.77. The molecule has 2 aromatic rings. The van der Waals surface area contributed by atoms with Gasteiger partial charge in [0.2, 0.25) is 0 Å². The molecule has 3 heteroatoms. The lowest BCUT2D eigenvalue weighted by atomic mass is 10.0. The summed E-state index contributed by atoms with van der Waals surface area (Å²) >= 11 is 0. The van der Waals surface area contributed by atoms with Gasteiger partial charge in [-0.25, -0.2) is 4.98 Å². The standard InChI is InChI=1S/C18H25N3/c1-3-7-16-20-17(18(19)21(16)12-4-2)15-9-6-5-8-14(15)13-10-11-13/h5-6,8-9,13H,3-4,7,10-12,19H2,1-2H3. The van der Waals surface area contributed by atoms with Crippen molar-refractivity contribution in [1.29, 1.82) is 0 Å². The van der Waals surface area contributed by atoms with E-state index >= 15 is 0 Å². The van der Waals surface area contributed by atoms with Crippen LogP contribution in [-0.2, 0) is 13.0 Å². The number of aromatic nitrogens is 2. The molecule has 1 saturated carbocycles. The van der Waals surface area contributed by atoms with Crippen LogP contribution >= 0.6 is 0 Å². The lowest BCUT2D eigenvalue weighted by Gasteiger charge is -2.09. The highest BCUT2D eigenvalue weighted by Gasteiger charge is 2.28. The van der Waals surface area contributed by atoms with E-state index in [9.17, 15) is 0 Å². The van der Waals surface area contributed by atoms with Crippen molar-refractivity contribution in [2.45, 2.75) is 58.4 Å². The SMILES string of the molecule is CCCc1nc(-c2ccccc2C2CC2)c(N)n1CCC. The fourth-order valence-corrected chi connectivity index (χ4v) is 3.06. The largest absolute Gasteiger partial charge is 0.383 e. The molecule has 0 atom stereocenters. The fourth-order valence-electron chi connectivity index (χ4n) is 3.06. The number of nitrogens with two attached hydrogens (primary N) is 1. The molecule has 1 heterocycles. The van der Waals surface area contributed by atoms with Crippen molar-refractivity contribution < 1.29 is 0 Å². The minimum atomic E-state index is 0.714. The van der Waals surface area contributed by atoms with Gasteiger partial charge in [0, 0.05) is 18.5 Å². The van der Waals surface area contributed by atoms with E-state index in [-0.39, 0.29) is 0 Å². The van der Waals surface area contributed by atoms with Crippen molar-refractivity contribution in [3.05, 3.63) is 35.7 Å². The number of benzene rings is 1. The van der Waals surface area contributed by atoms with Gasteiger partial charge in [-0.2, -0.15) is 0 Å². The Balaban J connectivity index is 2.08. The number of hydrogen-bond acceptors (Lipinski definition) is 2. The third kappa shape index (κ3) is 2.69. The summed E-state index contributed by atoms with van der Waals surface area (Å²) in [5, 5.41) is 0. The minimum Gasteiger partial charge on any atom is -0.383 e. The molecule has 2 N–H and O–H groups in total. The Morgan fingerprint density at radius 3 is 2.62 bits per heavy atom. The van der Waals surface area contributed by atoms with Crippen molar-refractivity contribution in [2.24, 2.45) is 0 Å². The van der Waals surface area contributed by atoms with E-state index in [0.717, 1.165) is 43.1 Å². The molecule has 0 amide bonds. The summed E-state index contributed by atoms with van der Waals surface area (Å²) in [6.45, 7) is 5.34. The van der Waals surface area contributed by atoms with Crippen LogP contribution in [0.25, 0.3) is 11.3 Å². The van der Waals surface area contributed by atoms with Gasteiger partial charge >= 0.3 is 0 Å². The molecule has 0 aliphatic heterocycles. The highest BCUT2D eigenvalue weighted by molar-refractivity contribution is 5.74. The second-order valence-electron chi connectivity index (χ2n) is 6.03. The number of imidazole rings is 1. The molecule has 0 unspecified atom stereocenters. The van der Waals surface area contributed by atoms with Gasteiger partial charge in [-0.15, -0.1) is 0 Å². The summed E-state index contributed by atoms with van der Waals surface area (Å²) < 4.78 is 2.21. The van der Waals surface area contributed by atoms with Gasteiger partial charge in [-0.05, 0) is 37.2 Å². The maximum absolute atomic E-state index is 6.44. The van der Waals surface area contributed by atoms with Crippen LogP contribution in [0.2, 0.25) is 0 Å². The van der Waals surface area contributed by atoms with Crippen LogP contribution < -0.4 is 5.73 Å². The molecule has 0 spiro atoms. The average molecular weight is 283 g/mol. The maximum atomic E-state index is 6.44. The molecule has 0 saturated heterocycles. The first-order valence-corrected chi connectivity index (χ1v) is 8.20. The summed E-state index contributed by atoms with van der Waals surface area (Å²) in [7, 11) is 0. The smallest absolute Gasteiger partial charge is 0.131 e. The lowest BCUT2D eigenvalue weighted by Crippen LogP contribution is -2.06. The van der Waals surface area contributed by atoms with Crippen molar-refractivity contribution in [3.63, 3.8) is 0 Å². The van der Waals surface area contributed by atoms with Crippen molar-refractivity contribution >= 4 is 5.82 Å². The number of hydrogen-bond donors (Lipinski definition) is 1. The lowest BCUT2D eigenvalue weighted by molar-refractivity contribution is 0.637. The predicted octanol–water partition coefficient (Wildman–Crippen LogP) is 4.37. The quantitative estimate of drug-likeness (QED) is 0.855. The number of nitrogen functional groups attached to an aromatic ring is 1. The number of nitrogens with zero attached hydrogens (tertiary/aromatic N) is 2. The third-order valence-electron chi connectivity index (χ3n) is 4.24. The molecule has 1 aliphatic rings. The number of aryl methyl sites for hydroxylation is 1. The molecule has 1 fully saturated rings. The van der Waals surface area contributed by atoms with E-state index in [2.05, 4.69) is 42.7 Å². The monoisotopic (exact) mass is 283 g/mol. The van der Waals surface area contributed by atoms with Gasteiger partial charge in [0.05, 0.1) is 0 Å². The normalized spacial score (nSPS) is 14.6. The highest BCUT2D eigenvalue weighted by atomic mass is 15.1. The Labute approximate surface area is 127 Å². The Morgan fingerprint density at radius 2 is 1.95 bits per heavy atom. The third-order valence-corrected chi connectivity index (χ3v) is 4.24. The second-order valence-corrected chi connectivity index (χ2v) is 6.03. The first-order chi connectivity index (χ1) is 10.3. The van der Waals surface area contributed by atoms with E-state index in [4.69, 9.17) is 10.7 Å². The van der Waals surface area contributed by atoms with Crippen molar-refractivity contribution in [2.75, 3.05) is 5.73 Å². The Morgan fingerprint density at radius 1 is 1.19 bits per heavy atom. The molecule has 3 nitrogen and oxygen atoms in total. The van der Waals surface area contributed by atoms with E-state index in [1.165, 1.54) is 24.0 Å². The van der Waals surface area contributed by atoms with E-state index < -0.39 is 0 Å². The molecule has 0 bridgehead atoms. The van der Waals surface area contributed by atoms with E-state index in [1.807, 2.05) is 0 Å². The van der Waals surface area contributed by atoms with Gasteiger partial charge in [0.1, 0.15) is 17.3 Å². The molecule has 112 valence electrons. The topological polar surface area (TPSA) is 43.8 Å². The zero-order chi connectivity index (χ0) is 14.8. The molecule has 3 rings (SSSR count). The average Bonchev–Trinajstić information content (AvgIpc) is 3.29. The summed E-state index contributed by atoms with van der Waals surface area (Å²) in [6, 6.07) is 8.64. The summed E-state index contributed by atoms with van der Waals surface area (Å²) in [5.74, 6) is 2.69. The zero-order valence-electron chi connectivity index (χ0n) is 13.1. The van der Waals surface area contributed by atoms with E-state index in [0.29, 0.717) is 5.92 Å². The summed E-state index contributed by atoms with van der Waals surface area (Å²) in [4.78, 5) is 4.90. The summed E-state index contributed by atoms with van der Waals surface area (Å²) in [6.07, 6.45) is 5.78. The minimum absolute atomic E-state index is 0.714. The highest BCUT2D eigenvalue weighted by Crippen LogP contribution is 2.45. The molecular weight excluding hydrogens is 258 g/mol. The van der Waals surface area contributed by atoms with Crippen LogP contribution in [0.4, 0.5) is 5.82 Å². The van der Waals surface area contributed by atoms with Crippen molar-refractivity contribution in [3.8, 4) is 11.3 Å². The van der Waals surface area contributed by atoms with Gasteiger partial charge < -0.3 is 10.3 Å². The number of anilines is 1. The molecule has 1 aliphatic carbocycles. The molecule has 21 heavy (non-hydrogen) atoms. The predicted molar refractivity (Wildman–Crippen MR) is 88.3 cm³/mol. The summed E-state index contributed by atoms with van der Waals surface area (Å²) in [5.41, 5.74) is 10.1. The first kappa shape index (κ1) is 14.2. The molecule has 0 radical (unpaired) electrons. The van der Waals surface area contributed by atoms with Crippen molar-refractivity contribution in [1.82, 2.24) is 9.55 Å². The van der Waals surface area contributed by atoms with E-state index in [1.54, 1.807) is 0 Å². The van der Waals surface area contributed by atoms with Gasteiger partial charge in [-0.3, -0.25) is 0 Å². The molecule has 1 aromatic heterocycles. The molecular formula is C18H25N3. The van der Waals surface area contributed by atoms with Gasteiger partial charge in [0.15, 0.2) is 0 Å². The van der Waals surface area contributed by atoms with Crippen LogP contribution in [0.3, 0.4) is 0 Å². The van der Waals surface area contributed by atoms with Crippen LogP contribution in [0.15, 0.2) is 24.3 Å². The maximum Gasteiger partial charge on any atom is 0.131 e. The first-order valence-electron chi connectivity index (χ1n) is 8.20. The number of rotatable bonds is 6. The molecule has 1 aromatic carbocycles. The van der Waals surface area contributed by atoms with Crippen LogP contribution in [0, 0.1) is 0 Å². The van der Waals surface area contributed by atoms with Gasteiger partial charge in [-0.1, -0.05) is 38.1 Å². The van der Waals surface area contributed by atoms with Gasteiger partial charge in [0.25, 0.3) is 0 Å². The van der Waals surface area contributed by atoms with Crippen LogP contribution in [0.1, 0.15) is 56.8 Å². The second kappa shape index (κ2) is 5.92. The Bertz CT molecular complexity index is 623. The fraction of sp³-hybridized carbons (Fsp3) is 0.500. The van der Waals surface area contributed by atoms with Crippen LogP contribution in [0.5, 0.6) is 0 Å². The zero-order valence-corrected chi connectivity index (χ0v) is 13.1. The Kier molecular flexibility index (Phi) is 4.00.